The van der Waals surface area contributed by atoms with E-state index in [4.69, 9.17) is 14.2 Å². The third kappa shape index (κ3) is 4.29. The molecule has 0 aliphatic carbocycles. The number of carbonyl (C=O) groups excluding carboxylic acids is 1. The molecule has 1 atom stereocenters. The van der Waals surface area contributed by atoms with Crippen LogP contribution in [0.3, 0.4) is 0 Å². The van der Waals surface area contributed by atoms with Crippen molar-refractivity contribution in [1.82, 2.24) is 20.2 Å². The molecule has 0 N–H and O–H groups in total. The van der Waals surface area contributed by atoms with Crippen molar-refractivity contribution in [2.75, 3.05) is 13.2 Å². The van der Waals surface area contributed by atoms with Gasteiger partial charge in [0.05, 0.1) is 17.4 Å². The van der Waals surface area contributed by atoms with Gasteiger partial charge in [-0.1, -0.05) is 0 Å². The number of nitrogens with zero attached hydrogens (tertiary/aromatic N) is 4. The first-order valence-corrected chi connectivity index (χ1v) is 8.68. The summed E-state index contributed by atoms with van der Waals surface area (Å²) in [5.41, 5.74) is 1.22. The first kappa shape index (κ1) is 17.2. The first-order valence-electron chi connectivity index (χ1n) is 8.68. The fourth-order valence-corrected chi connectivity index (χ4v) is 2.76. The molecule has 4 rings (SSSR count). The van der Waals surface area contributed by atoms with Crippen LogP contribution in [0.15, 0.2) is 54.9 Å². The van der Waals surface area contributed by atoms with Gasteiger partial charge >= 0.3 is 5.97 Å². The van der Waals surface area contributed by atoms with Gasteiger partial charge in [0.1, 0.15) is 24.4 Å². The highest BCUT2D eigenvalue weighted by molar-refractivity contribution is 5.91. The average Bonchev–Trinajstić information content (AvgIpc) is 3.41. The molecule has 138 valence electrons. The second-order valence-corrected chi connectivity index (χ2v) is 6.11. The zero-order valence-electron chi connectivity index (χ0n) is 14.5. The van der Waals surface area contributed by atoms with Gasteiger partial charge in [0.25, 0.3) is 0 Å². The largest absolute Gasteiger partial charge is 0.491 e. The Hall–Kier alpha value is -3.26. The molecule has 2 heterocycles. The van der Waals surface area contributed by atoms with Gasteiger partial charge in [-0.25, -0.2) is 9.48 Å². The van der Waals surface area contributed by atoms with Gasteiger partial charge in [0.15, 0.2) is 0 Å². The Morgan fingerprint density at radius 2 is 1.89 bits per heavy atom. The van der Waals surface area contributed by atoms with E-state index in [0.29, 0.717) is 23.7 Å². The molecule has 8 nitrogen and oxygen atoms in total. The molecule has 0 radical (unpaired) electrons. The van der Waals surface area contributed by atoms with Gasteiger partial charge < -0.3 is 14.2 Å². The van der Waals surface area contributed by atoms with Crippen LogP contribution in [-0.2, 0) is 4.74 Å². The van der Waals surface area contributed by atoms with E-state index in [9.17, 15) is 4.79 Å². The average molecular weight is 366 g/mol. The third-order valence-electron chi connectivity index (χ3n) is 4.21. The summed E-state index contributed by atoms with van der Waals surface area (Å²) in [6, 6.07) is 13.8. The number of esters is 1. The molecule has 1 fully saturated rings. The number of benzene rings is 2. The minimum absolute atomic E-state index is 0.158. The lowest BCUT2D eigenvalue weighted by molar-refractivity contribution is 0.0678. The lowest BCUT2D eigenvalue weighted by Gasteiger charge is -2.11. The van der Waals surface area contributed by atoms with Gasteiger partial charge in [-0.2, -0.15) is 0 Å². The van der Waals surface area contributed by atoms with Crippen LogP contribution < -0.4 is 9.47 Å². The molecular weight excluding hydrogens is 348 g/mol. The van der Waals surface area contributed by atoms with Crippen molar-refractivity contribution in [1.29, 1.82) is 0 Å². The molecule has 27 heavy (non-hydrogen) atoms. The van der Waals surface area contributed by atoms with Gasteiger partial charge in [-0.15, -0.1) is 5.10 Å². The highest BCUT2D eigenvalue weighted by atomic mass is 16.5. The number of carbonyl (C=O) groups is 1. The number of aromatic nitrogens is 4. The summed E-state index contributed by atoms with van der Waals surface area (Å²) in [7, 11) is 0. The van der Waals surface area contributed by atoms with Crippen LogP contribution in [0.25, 0.3) is 5.69 Å². The Bertz CT molecular complexity index is 873. The van der Waals surface area contributed by atoms with Crippen LogP contribution in [-0.4, -0.2) is 45.5 Å². The van der Waals surface area contributed by atoms with E-state index in [1.165, 1.54) is 11.0 Å². The van der Waals surface area contributed by atoms with Crippen LogP contribution in [0.4, 0.5) is 0 Å². The summed E-state index contributed by atoms with van der Waals surface area (Å²) in [5, 5.41) is 11.0. The van der Waals surface area contributed by atoms with E-state index in [-0.39, 0.29) is 6.10 Å². The molecular formula is C19H18N4O4. The van der Waals surface area contributed by atoms with Crippen LogP contribution >= 0.6 is 0 Å². The first-order chi connectivity index (χ1) is 13.3. The van der Waals surface area contributed by atoms with Gasteiger partial charge in [-0.3, -0.25) is 0 Å². The molecule has 1 saturated heterocycles. The molecule has 0 unspecified atom stereocenters. The van der Waals surface area contributed by atoms with E-state index in [0.717, 1.165) is 25.1 Å². The zero-order valence-corrected chi connectivity index (χ0v) is 14.5. The third-order valence-corrected chi connectivity index (χ3v) is 4.21. The van der Waals surface area contributed by atoms with Gasteiger partial charge in [-0.05, 0) is 71.8 Å². The van der Waals surface area contributed by atoms with Crippen molar-refractivity contribution in [3.8, 4) is 17.2 Å². The Kier molecular flexibility index (Phi) is 5.06. The van der Waals surface area contributed by atoms with Crippen molar-refractivity contribution in [3.05, 3.63) is 60.4 Å². The van der Waals surface area contributed by atoms with Crippen LogP contribution in [0.5, 0.6) is 11.5 Å². The quantitative estimate of drug-likeness (QED) is 0.489. The van der Waals surface area contributed by atoms with E-state index < -0.39 is 5.97 Å². The maximum absolute atomic E-state index is 12.3. The summed E-state index contributed by atoms with van der Waals surface area (Å²) in [5.74, 6) is 0.708. The standard InChI is InChI=1S/C19H18N4O4/c24-19(27-17-9-5-15(6-10-17)23-13-20-21-22-23)14-3-7-16(8-4-14)26-12-18-2-1-11-25-18/h3-10,13,18H,1-2,11-12H2/t18-/m0/s1. The summed E-state index contributed by atoms with van der Waals surface area (Å²) in [4.78, 5) is 12.3. The molecule has 8 heteroatoms. The summed E-state index contributed by atoms with van der Waals surface area (Å²) in [6.07, 6.45) is 3.75. The fraction of sp³-hybridized carbons (Fsp3) is 0.263. The molecule has 1 aliphatic heterocycles. The highest BCUT2D eigenvalue weighted by Gasteiger charge is 2.16. The number of hydrogen-bond acceptors (Lipinski definition) is 7. The molecule has 0 saturated carbocycles. The van der Waals surface area contributed by atoms with E-state index in [1.807, 2.05) is 0 Å². The van der Waals surface area contributed by atoms with Crippen LogP contribution in [0.1, 0.15) is 23.2 Å². The topological polar surface area (TPSA) is 88.4 Å². The predicted molar refractivity (Wildman–Crippen MR) is 95.0 cm³/mol. The fourth-order valence-electron chi connectivity index (χ4n) is 2.76. The molecule has 2 aromatic carbocycles. The summed E-state index contributed by atoms with van der Waals surface area (Å²) >= 11 is 0. The Morgan fingerprint density at radius 1 is 1.11 bits per heavy atom. The highest BCUT2D eigenvalue weighted by Crippen LogP contribution is 2.19. The number of hydrogen-bond donors (Lipinski definition) is 0. The lowest BCUT2D eigenvalue weighted by Crippen LogP contribution is -2.16. The predicted octanol–water partition coefficient (Wildman–Crippen LogP) is 2.44. The van der Waals surface area contributed by atoms with E-state index in [2.05, 4.69) is 15.5 Å². The van der Waals surface area contributed by atoms with Crippen molar-refractivity contribution in [3.63, 3.8) is 0 Å². The molecule has 1 aliphatic rings. The number of rotatable bonds is 6. The summed E-state index contributed by atoms with van der Waals surface area (Å²) in [6.45, 7) is 1.33. The van der Waals surface area contributed by atoms with Crippen molar-refractivity contribution < 1.29 is 19.0 Å². The Morgan fingerprint density at radius 3 is 2.56 bits per heavy atom. The summed E-state index contributed by atoms with van der Waals surface area (Å²) < 4.78 is 18.1. The number of tetrazole rings is 1. The van der Waals surface area contributed by atoms with Gasteiger partial charge in [0.2, 0.25) is 0 Å². The minimum atomic E-state index is -0.434. The van der Waals surface area contributed by atoms with Crippen LogP contribution in [0, 0.1) is 0 Å². The Labute approximate surface area is 155 Å². The maximum Gasteiger partial charge on any atom is 0.343 e. The smallest absolute Gasteiger partial charge is 0.343 e. The van der Waals surface area contributed by atoms with Crippen molar-refractivity contribution in [2.24, 2.45) is 0 Å². The van der Waals surface area contributed by atoms with Gasteiger partial charge in [0, 0.05) is 6.61 Å². The second-order valence-electron chi connectivity index (χ2n) is 6.11. The van der Waals surface area contributed by atoms with Crippen molar-refractivity contribution >= 4 is 5.97 Å². The Balaban J connectivity index is 1.33. The molecule has 3 aromatic rings. The molecule has 0 bridgehead atoms. The van der Waals surface area contributed by atoms with Crippen LogP contribution in [0.2, 0.25) is 0 Å². The van der Waals surface area contributed by atoms with E-state index in [1.54, 1.807) is 48.5 Å². The van der Waals surface area contributed by atoms with Crippen molar-refractivity contribution in [2.45, 2.75) is 18.9 Å². The molecule has 1 aromatic heterocycles. The lowest BCUT2D eigenvalue weighted by atomic mass is 10.2. The molecule has 0 spiro atoms. The van der Waals surface area contributed by atoms with E-state index >= 15 is 0 Å². The number of ether oxygens (including phenoxy) is 3. The zero-order chi connectivity index (χ0) is 18.5. The normalized spacial score (nSPS) is 16.2. The minimum Gasteiger partial charge on any atom is -0.491 e. The second kappa shape index (κ2) is 7.96. The monoisotopic (exact) mass is 366 g/mol. The molecule has 0 amide bonds. The maximum atomic E-state index is 12.3. The SMILES string of the molecule is O=C(Oc1ccc(-n2cnnn2)cc1)c1ccc(OC[C@@H]2CCCO2)cc1.